The molecule has 2 bridgehead atoms. The molecule has 4 rings (SSSR count). The summed E-state index contributed by atoms with van der Waals surface area (Å²) in [5.74, 6) is 0.110. The van der Waals surface area contributed by atoms with Crippen LogP contribution in [-0.4, -0.2) is 40.5 Å². The number of anilines is 1. The molecule has 0 unspecified atom stereocenters. The van der Waals surface area contributed by atoms with E-state index in [4.69, 9.17) is 0 Å². The molecule has 0 spiro atoms. The van der Waals surface area contributed by atoms with Crippen molar-refractivity contribution in [2.24, 2.45) is 11.8 Å². The van der Waals surface area contributed by atoms with E-state index in [1.807, 2.05) is 50.5 Å². The van der Waals surface area contributed by atoms with E-state index in [0.29, 0.717) is 19.6 Å². The van der Waals surface area contributed by atoms with Gasteiger partial charge in [0, 0.05) is 43.0 Å². The van der Waals surface area contributed by atoms with Gasteiger partial charge in [-0.1, -0.05) is 26.0 Å². The van der Waals surface area contributed by atoms with E-state index in [9.17, 15) is 14.4 Å². The number of amides is 3. The third-order valence-electron chi connectivity index (χ3n) is 6.48. The van der Waals surface area contributed by atoms with Gasteiger partial charge in [-0.05, 0) is 61.4 Å². The number of hydrogen-bond acceptors (Lipinski definition) is 3. The van der Waals surface area contributed by atoms with E-state index >= 15 is 0 Å². The van der Waals surface area contributed by atoms with Crippen LogP contribution in [0.15, 0.2) is 41.2 Å². The molecule has 1 aromatic carbocycles. The molecule has 7 nitrogen and oxygen atoms in total. The molecule has 0 radical (unpaired) electrons. The van der Waals surface area contributed by atoms with Crippen molar-refractivity contribution < 1.29 is 9.59 Å². The van der Waals surface area contributed by atoms with Crippen LogP contribution in [0.1, 0.15) is 43.0 Å². The predicted octanol–water partition coefficient (Wildman–Crippen LogP) is 3.26. The molecule has 3 heterocycles. The fraction of sp³-hybridized carbons (Fsp3) is 0.480. The number of nitrogens with one attached hydrogen (secondary N) is 2. The zero-order valence-electron chi connectivity index (χ0n) is 19.2. The van der Waals surface area contributed by atoms with Gasteiger partial charge >= 0.3 is 6.03 Å². The molecular formula is C25H32N4O3. The van der Waals surface area contributed by atoms with Gasteiger partial charge in [0.25, 0.3) is 5.56 Å². The summed E-state index contributed by atoms with van der Waals surface area (Å²) in [5, 5.41) is 5.93. The maximum atomic E-state index is 13.2. The average molecular weight is 437 g/mol. The first-order valence-corrected chi connectivity index (χ1v) is 11.4. The molecule has 2 aromatic rings. The normalized spacial score (nSPS) is 20.5. The molecule has 2 N–H and O–H groups in total. The van der Waals surface area contributed by atoms with Crippen LogP contribution in [0.3, 0.4) is 0 Å². The number of nitrogens with zero attached hydrogens (tertiary/aromatic N) is 2. The van der Waals surface area contributed by atoms with Gasteiger partial charge in [0.2, 0.25) is 5.91 Å². The van der Waals surface area contributed by atoms with E-state index in [1.165, 1.54) is 0 Å². The Morgan fingerprint density at radius 1 is 1.03 bits per heavy atom. The highest BCUT2D eigenvalue weighted by molar-refractivity contribution is 5.97. The summed E-state index contributed by atoms with van der Waals surface area (Å²) in [6, 6.07) is 10.4. The molecule has 1 fully saturated rings. The predicted molar refractivity (Wildman–Crippen MR) is 125 cm³/mol. The van der Waals surface area contributed by atoms with E-state index in [-0.39, 0.29) is 35.3 Å². The third kappa shape index (κ3) is 4.56. The fourth-order valence-electron chi connectivity index (χ4n) is 5.09. The second kappa shape index (κ2) is 8.81. The summed E-state index contributed by atoms with van der Waals surface area (Å²) in [7, 11) is 0. The Hall–Kier alpha value is -3.09. The molecule has 3 atom stereocenters. The summed E-state index contributed by atoms with van der Waals surface area (Å²) in [4.78, 5) is 40.2. The van der Waals surface area contributed by atoms with Crippen LogP contribution >= 0.6 is 0 Å². The summed E-state index contributed by atoms with van der Waals surface area (Å²) < 4.78 is 1.85. The Morgan fingerprint density at radius 3 is 2.44 bits per heavy atom. The first kappa shape index (κ1) is 22.1. The van der Waals surface area contributed by atoms with Crippen LogP contribution in [0.5, 0.6) is 0 Å². The van der Waals surface area contributed by atoms with Crippen molar-refractivity contribution in [2.75, 3.05) is 18.4 Å². The minimum atomic E-state index is -0.639. The number of likely N-dealkylation sites (tertiary alicyclic amines) is 1. The number of carbonyl (C=O) groups is 2. The molecule has 2 aliphatic rings. The topological polar surface area (TPSA) is 83.4 Å². The number of benzene rings is 1. The van der Waals surface area contributed by atoms with Crippen molar-refractivity contribution in [1.82, 2.24) is 14.8 Å². The molecule has 3 amide bonds. The summed E-state index contributed by atoms with van der Waals surface area (Å²) in [5.41, 5.74) is 3.91. The monoisotopic (exact) mass is 436 g/mol. The number of fused-ring (bicyclic) bond motifs is 4. The number of urea groups is 1. The number of rotatable bonds is 4. The molecule has 1 saturated heterocycles. The number of pyridine rings is 1. The first-order chi connectivity index (χ1) is 15.2. The van der Waals surface area contributed by atoms with Crippen molar-refractivity contribution in [3.63, 3.8) is 0 Å². The van der Waals surface area contributed by atoms with E-state index in [0.717, 1.165) is 28.9 Å². The lowest BCUT2D eigenvalue weighted by Crippen LogP contribution is -2.56. The zero-order chi connectivity index (χ0) is 23.0. The van der Waals surface area contributed by atoms with Crippen LogP contribution in [-0.2, 0) is 11.3 Å². The highest BCUT2D eigenvalue weighted by Crippen LogP contribution is 2.35. The molecule has 170 valence electrons. The minimum Gasteiger partial charge on any atom is -0.326 e. The average Bonchev–Trinajstić information content (AvgIpc) is 2.71. The van der Waals surface area contributed by atoms with Crippen molar-refractivity contribution in [3.8, 4) is 0 Å². The highest BCUT2D eigenvalue weighted by atomic mass is 16.2. The van der Waals surface area contributed by atoms with E-state index in [1.54, 1.807) is 17.0 Å². The fourth-order valence-corrected chi connectivity index (χ4v) is 5.09. The Kier molecular flexibility index (Phi) is 6.09. The second-order valence-corrected chi connectivity index (χ2v) is 9.64. The lowest BCUT2D eigenvalue weighted by molar-refractivity contribution is -0.118. The second-order valence-electron chi connectivity index (χ2n) is 9.64. The largest absolute Gasteiger partial charge is 0.326 e. The molecule has 0 saturated carbocycles. The summed E-state index contributed by atoms with van der Waals surface area (Å²) >= 11 is 0. The van der Waals surface area contributed by atoms with Crippen LogP contribution in [0.4, 0.5) is 10.5 Å². The maximum absolute atomic E-state index is 13.2. The zero-order valence-corrected chi connectivity index (χ0v) is 19.2. The molecule has 7 heteroatoms. The Bertz CT molecular complexity index is 1070. The highest BCUT2D eigenvalue weighted by Gasteiger charge is 2.37. The molecule has 32 heavy (non-hydrogen) atoms. The Balaban J connectivity index is 1.45. The van der Waals surface area contributed by atoms with Gasteiger partial charge < -0.3 is 20.1 Å². The number of carbonyl (C=O) groups excluding carboxylic acids is 2. The van der Waals surface area contributed by atoms with Gasteiger partial charge in [-0.15, -0.1) is 0 Å². The Labute approximate surface area is 188 Å². The van der Waals surface area contributed by atoms with Gasteiger partial charge in [0.05, 0.1) is 0 Å². The number of hydrogen-bond donors (Lipinski definition) is 2. The van der Waals surface area contributed by atoms with Gasteiger partial charge in [-0.25, -0.2) is 4.79 Å². The molecule has 1 aromatic heterocycles. The standard InChI is InChI=1S/C25H32N4O3/c1-15(2)23(24(31)26-20-9-16(3)8-17(4)10-20)27-25(32)28-12-18-11-19(14-28)21-6-5-7-22(30)29(21)13-18/h5-10,15,18-19,23H,11-14H2,1-4H3,(H,26,31)(H,27,32)/t18-,19+,23+/m1/s1. The van der Waals surface area contributed by atoms with Gasteiger partial charge in [-0.3, -0.25) is 9.59 Å². The van der Waals surface area contributed by atoms with Crippen LogP contribution in [0.25, 0.3) is 0 Å². The van der Waals surface area contributed by atoms with E-state index < -0.39 is 6.04 Å². The maximum Gasteiger partial charge on any atom is 0.318 e. The SMILES string of the molecule is Cc1cc(C)cc(NC(=O)[C@@H](NC(=O)N2C[C@H]3C[C@@H](C2)c2cccc(=O)n2C3)C(C)C)c1. The number of piperidine rings is 1. The summed E-state index contributed by atoms with van der Waals surface area (Å²) in [6.45, 7) is 9.62. The van der Waals surface area contributed by atoms with Gasteiger partial charge in [0.1, 0.15) is 6.04 Å². The van der Waals surface area contributed by atoms with Gasteiger partial charge in [0.15, 0.2) is 0 Å². The molecular weight excluding hydrogens is 404 g/mol. The Morgan fingerprint density at radius 2 is 1.75 bits per heavy atom. The van der Waals surface area contributed by atoms with Crippen LogP contribution < -0.4 is 16.2 Å². The summed E-state index contributed by atoms with van der Waals surface area (Å²) in [6.07, 6.45) is 0.980. The number of aryl methyl sites for hydroxylation is 2. The van der Waals surface area contributed by atoms with Crippen molar-refractivity contribution in [2.45, 2.75) is 52.6 Å². The lowest BCUT2D eigenvalue weighted by Gasteiger charge is -2.43. The van der Waals surface area contributed by atoms with E-state index in [2.05, 4.69) is 16.7 Å². The smallest absolute Gasteiger partial charge is 0.318 e. The molecule has 0 aliphatic carbocycles. The first-order valence-electron chi connectivity index (χ1n) is 11.4. The van der Waals surface area contributed by atoms with Crippen molar-refractivity contribution in [1.29, 1.82) is 0 Å². The number of aromatic nitrogens is 1. The minimum absolute atomic E-state index is 0.0260. The van der Waals surface area contributed by atoms with Crippen molar-refractivity contribution in [3.05, 3.63) is 63.6 Å². The quantitative estimate of drug-likeness (QED) is 0.772. The van der Waals surface area contributed by atoms with Crippen molar-refractivity contribution >= 4 is 17.6 Å². The third-order valence-corrected chi connectivity index (χ3v) is 6.48. The molecule has 2 aliphatic heterocycles. The van der Waals surface area contributed by atoms with Crippen LogP contribution in [0.2, 0.25) is 0 Å². The van der Waals surface area contributed by atoms with Gasteiger partial charge in [-0.2, -0.15) is 0 Å². The van der Waals surface area contributed by atoms with Crippen LogP contribution in [0, 0.1) is 25.7 Å². The lowest BCUT2D eigenvalue weighted by atomic mass is 9.83.